The second-order valence-electron chi connectivity index (χ2n) is 6.54. The molecule has 0 unspecified atom stereocenters. The van der Waals surface area contributed by atoms with Gasteiger partial charge < -0.3 is 15.1 Å². The van der Waals surface area contributed by atoms with Gasteiger partial charge >= 0.3 is 0 Å². The van der Waals surface area contributed by atoms with Gasteiger partial charge in [-0.05, 0) is 42.3 Å². The van der Waals surface area contributed by atoms with Gasteiger partial charge in [0, 0.05) is 30.1 Å². The van der Waals surface area contributed by atoms with Crippen molar-refractivity contribution in [2.24, 2.45) is 0 Å². The lowest BCUT2D eigenvalue weighted by molar-refractivity contribution is -0.116. The number of amides is 2. The van der Waals surface area contributed by atoms with Crippen LogP contribution in [-0.4, -0.2) is 18.4 Å². The average molecular weight is 376 g/mol. The molecular weight excluding hydrogens is 352 g/mol. The van der Waals surface area contributed by atoms with Crippen LogP contribution in [0.3, 0.4) is 0 Å². The molecule has 2 amide bonds. The minimum atomic E-state index is -0.207. The van der Waals surface area contributed by atoms with Crippen LogP contribution in [0.1, 0.15) is 41.4 Å². The van der Waals surface area contributed by atoms with E-state index in [0.29, 0.717) is 24.4 Å². The summed E-state index contributed by atoms with van der Waals surface area (Å²) in [5.41, 5.74) is 2.34. The van der Waals surface area contributed by atoms with Gasteiger partial charge in [0.15, 0.2) is 0 Å². The molecule has 2 aromatic carbocycles. The Balaban J connectivity index is 1.49. The van der Waals surface area contributed by atoms with Crippen LogP contribution in [-0.2, 0) is 11.3 Å². The summed E-state index contributed by atoms with van der Waals surface area (Å²) in [6, 6.07) is 16.8. The molecule has 0 aliphatic carbocycles. The Morgan fingerprint density at radius 2 is 1.82 bits per heavy atom. The molecule has 0 bridgehead atoms. The maximum absolute atomic E-state index is 12.0. The van der Waals surface area contributed by atoms with Crippen LogP contribution in [0.15, 0.2) is 65.1 Å². The first-order chi connectivity index (χ1) is 13.7. The van der Waals surface area contributed by atoms with Gasteiger partial charge in [0.25, 0.3) is 5.91 Å². The van der Waals surface area contributed by atoms with Crippen LogP contribution in [0.2, 0.25) is 0 Å². The molecule has 3 rings (SSSR count). The third kappa shape index (κ3) is 5.33. The number of fused-ring (bicyclic) bond motifs is 1. The number of hydrogen-bond acceptors (Lipinski definition) is 3. The van der Waals surface area contributed by atoms with E-state index >= 15 is 0 Å². The maximum Gasteiger partial charge on any atom is 0.251 e. The molecule has 1 aromatic heterocycles. The topological polar surface area (TPSA) is 71.3 Å². The predicted molar refractivity (Wildman–Crippen MR) is 111 cm³/mol. The summed E-state index contributed by atoms with van der Waals surface area (Å²) in [7, 11) is 0. The Hall–Kier alpha value is -3.34. The van der Waals surface area contributed by atoms with Gasteiger partial charge in [-0.2, -0.15) is 0 Å². The summed E-state index contributed by atoms with van der Waals surface area (Å²) in [4.78, 5) is 24.0. The largest absolute Gasteiger partial charge is 0.457 e. The number of hydrogen-bond donors (Lipinski definition) is 2. The zero-order valence-corrected chi connectivity index (χ0v) is 15.9. The highest BCUT2D eigenvalue weighted by molar-refractivity contribution is 5.94. The summed E-state index contributed by atoms with van der Waals surface area (Å²) in [6.07, 6.45) is 5.12. The highest BCUT2D eigenvalue weighted by atomic mass is 16.3. The van der Waals surface area contributed by atoms with Crippen molar-refractivity contribution in [3.8, 4) is 0 Å². The van der Waals surface area contributed by atoms with Gasteiger partial charge in [0.1, 0.15) is 11.3 Å². The van der Waals surface area contributed by atoms with E-state index in [0.717, 1.165) is 29.4 Å². The Bertz CT molecular complexity index is 938. The third-order valence-electron chi connectivity index (χ3n) is 4.34. The van der Waals surface area contributed by atoms with Gasteiger partial charge in [-0.3, -0.25) is 9.59 Å². The van der Waals surface area contributed by atoms with Crippen molar-refractivity contribution in [2.75, 3.05) is 6.54 Å². The van der Waals surface area contributed by atoms with E-state index in [2.05, 4.69) is 17.6 Å². The molecule has 2 N–H and O–H groups in total. The van der Waals surface area contributed by atoms with Gasteiger partial charge in [-0.1, -0.05) is 43.7 Å². The molecule has 0 atom stereocenters. The zero-order chi connectivity index (χ0) is 19.8. The number of rotatable bonds is 8. The van der Waals surface area contributed by atoms with E-state index in [-0.39, 0.29) is 11.8 Å². The number of para-hydroxylation sites is 1. The Morgan fingerprint density at radius 3 is 2.57 bits per heavy atom. The fourth-order valence-electron chi connectivity index (χ4n) is 2.75. The molecule has 5 nitrogen and oxygen atoms in total. The van der Waals surface area contributed by atoms with Gasteiger partial charge in [0.05, 0.1) is 0 Å². The molecule has 0 spiro atoms. The van der Waals surface area contributed by atoms with Gasteiger partial charge in [-0.15, -0.1) is 0 Å². The van der Waals surface area contributed by atoms with Crippen LogP contribution in [0.5, 0.6) is 0 Å². The lowest BCUT2D eigenvalue weighted by Crippen LogP contribution is -2.24. The van der Waals surface area contributed by atoms with Gasteiger partial charge in [-0.25, -0.2) is 0 Å². The molecule has 0 aliphatic rings. The molecule has 1 heterocycles. The van der Waals surface area contributed by atoms with Crippen LogP contribution in [0, 0.1) is 0 Å². The monoisotopic (exact) mass is 376 g/mol. The summed E-state index contributed by atoms with van der Waals surface area (Å²) in [5, 5.41) is 6.71. The van der Waals surface area contributed by atoms with Crippen LogP contribution in [0.4, 0.5) is 0 Å². The molecule has 0 saturated carbocycles. The van der Waals surface area contributed by atoms with Crippen LogP contribution in [0.25, 0.3) is 17.0 Å². The van der Waals surface area contributed by atoms with Crippen molar-refractivity contribution >= 4 is 28.9 Å². The van der Waals surface area contributed by atoms with E-state index in [1.54, 1.807) is 18.2 Å². The molecule has 0 aliphatic heterocycles. The Morgan fingerprint density at radius 1 is 1.04 bits per heavy atom. The number of benzene rings is 2. The van der Waals surface area contributed by atoms with Crippen LogP contribution >= 0.6 is 0 Å². The first-order valence-electron chi connectivity index (χ1n) is 9.47. The van der Waals surface area contributed by atoms with Gasteiger partial charge in [0.2, 0.25) is 5.91 Å². The molecule has 144 valence electrons. The van der Waals surface area contributed by atoms with Crippen molar-refractivity contribution in [1.82, 2.24) is 10.6 Å². The van der Waals surface area contributed by atoms with Crippen molar-refractivity contribution in [2.45, 2.75) is 26.3 Å². The SMILES string of the molecule is CCCCNC(=O)c1ccc(CNC(=O)/C=C/c2cc3ccccc3o2)cc1. The van der Waals surface area contributed by atoms with E-state index in [1.165, 1.54) is 6.08 Å². The lowest BCUT2D eigenvalue weighted by atomic mass is 10.1. The fraction of sp³-hybridized carbons (Fsp3) is 0.217. The molecule has 0 fully saturated rings. The van der Waals surface area contributed by atoms with Crippen molar-refractivity contribution in [3.63, 3.8) is 0 Å². The summed E-state index contributed by atoms with van der Waals surface area (Å²) in [5.74, 6) is 0.356. The molecule has 5 heteroatoms. The van der Waals surface area contributed by atoms with Crippen molar-refractivity contribution < 1.29 is 14.0 Å². The first kappa shape index (κ1) is 19.4. The summed E-state index contributed by atoms with van der Waals surface area (Å²) in [6.45, 7) is 3.16. The smallest absolute Gasteiger partial charge is 0.251 e. The van der Waals surface area contributed by atoms with E-state index in [1.807, 2.05) is 42.5 Å². The molecule has 3 aromatic rings. The minimum absolute atomic E-state index is 0.0715. The van der Waals surface area contributed by atoms with Crippen LogP contribution < -0.4 is 10.6 Å². The summed E-state index contributed by atoms with van der Waals surface area (Å²) < 4.78 is 5.65. The third-order valence-corrected chi connectivity index (χ3v) is 4.34. The fourth-order valence-corrected chi connectivity index (χ4v) is 2.75. The minimum Gasteiger partial charge on any atom is -0.457 e. The first-order valence-corrected chi connectivity index (χ1v) is 9.47. The second kappa shape index (κ2) is 9.55. The predicted octanol–water partition coefficient (Wildman–Crippen LogP) is 4.29. The quantitative estimate of drug-likeness (QED) is 0.455. The highest BCUT2D eigenvalue weighted by Gasteiger charge is 2.05. The maximum atomic E-state index is 12.0. The zero-order valence-electron chi connectivity index (χ0n) is 15.9. The van der Waals surface area contributed by atoms with E-state index in [4.69, 9.17) is 4.42 Å². The average Bonchev–Trinajstić information content (AvgIpc) is 3.14. The van der Waals surface area contributed by atoms with E-state index in [9.17, 15) is 9.59 Å². The summed E-state index contributed by atoms with van der Waals surface area (Å²) >= 11 is 0. The number of furan rings is 1. The number of unbranched alkanes of at least 4 members (excludes halogenated alkanes) is 1. The van der Waals surface area contributed by atoms with Crippen molar-refractivity contribution in [3.05, 3.63) is 77.6 Å². The second-order valence-corrected chi connectivity index (χ2v) is 6.54. The van der Waals surface area contributed by atoms with E-state index < -0.39 is 0 Å². The molecule has 0 saturated heterocycles. The highest BCUT2D eigenvalue weighted by Crippen LogP contribution is 2.19. The van der Waals surface area contributed by atoms with Crippen molar-refractivity contribution in [1.29, 1.82) is 0 Å². The Kier molecular flexibility index (Phi) is 6.63. The molecular formula is C23H24N2O3. The molecule has 0 radical (unpaired) electrons. The number of carbonyl (C=O) groups is 2. The Labute approximate surface area is 164 Å². The number of nitrogens with one attached hydrogen (secondary N) is 2. The molecule has 28 heavy (non-hydrogen) atoms. The standard InChI is InChI=1S/C23H24N2O3/c1-2-3-14-24-23(27)18-10-8-17(9-11-18)16-25-22(26)13-12-20-15-19-6-4-5-7-21(19)28-20/h4-13,15H,2-3,14,16H2,1H3,(H,24,27)(H,25,26)/b13-12+. The number of carbonyl (C=O) groups excluding carboxylic acids is 2. The lowest BCUT2D eigenvalue weighted by Gasteiger charge is -2.06. The normalized spacial score (nSPS) is 11.0.